The summed E-state index contributed by atoms with van der Waals surface area (Å²) in [7, 11) is 0. The Morgan fingerprint density at radius 3 is 3.00 bits per heavy atom. The summed E-state index contributed by atoms with van der Waals surface area (Å²) in [6.45, 7) is 4.55. The van der Waals surface area contributed by atoms with Gasteiger partial charge in [-0.05, 0) is 39.3 Å². The first-order valence-corrected chi connectivity index (χ1v) is 6.47. The van der Waals surface area contributed by atoms with Gasteiger partial charge >= 0.3 is 0 Å². The van der Waals surface area contributed by atoms with Crippen LogP contribution < -0.4 is 11.1 Å². The molecule has 4 nitrogen and oxygen atoms in total. The Bertz CT molecular complexity index is 219. The fourth-order valence-corrected chi connectivity index (χ4v) is 2.67. The highest BCUT2D eigenvalue weighted by Crippen LogP contribution is 2.30. The molecule has 0 aromatic carbocycles. The quantitative estimate of drug-likeness (QED) is 0.753. The lowest BCUT2D eigenvalue weighted by molar-refractivity contribution is -0.163. The average Bonchev–Trinajstić information content (AvgIpc) is 2.62. The third kappa shape index (κ3) is 3.17. The second kappa shape index (κ2) is 5.45. The Balaban J connectivity index is 1.79. The number of nitrogens with two attached hydrogens (primary N) is 1. The van der Waals surface area contributed by atoms with Gasteiger partial charge in [0.1, 0.15) is 0 Å². The Morgan fingerprint density at radius 2 is 2.31 bits per heavy atom. The molecule has 3 unspecified atom stereocenters. The van der Waals surface area contributed by atoms with E-state index in [9.17, 15) is 0 Å². The second-order valence-electron chi connectivity index (χ2n) is 5.11. The molecule has 2 aliphatic rings. The van der Waals surface area contributed by atoms with Gasteiger partial charge in [-0.3, -0.25) is 0 Å². The normalized spacial score (nSPS) is 40.1. The summed E-state index contributed by atoms with van der Waals surface area (Å²) in [6.07, 6.45) is 5.90. The van der Waals surface area contributed by atoms with Crippen LogP contribution >= 0.6 is 0 Å². The van der Waals surface area contributed by atoms with Crippen molar-refractivity contribution in [3.05, 3.63) is 0 Å². The van der Waals surface area contributed by atoms with Gasteiger partial charge in [0.15, 0.2) is 5.79 Å². The van der Waals surface area contributed by atoms with E-state index in [1.165, 1.54) is 19.3 Å². The van der Waals surface area contributed by atoms with E-state index < -0.39 is 5.79 Å². The Hall–Kier alpha value is -0.160. The van der Waals surface area contributed by atoms with E-state index in [2.05, 4.69) is 12.2 Å². The van der Waals surface area contributed by atoms with Crippen molar-refractivity contribution in [2.45, 2.75) is 57.0 Å². The molecule has 0 bridgehead atoms. The predicted molar refractivity (Wildman–Crippen MR) is 63.2 cm³/mol. The molecule has 0 saturated carbocycles. The SMILES string of the molecule is CC1(CC2CCCCN2)OCC(CCN)O1. The van der Waals surface area contributed by atoms with E-state index >= 15 is 0 Å². The van der Waals surface area contributed by atoms with Crippen LogP contribution in [0.5, 0.6) is 0 Å². The van der Waals surface area contributed by atoms with Crippen LogP contribution in [0.2, 0.25) is 0 Å². The zero-order valence-corrected chi connectivity index (χ0v) is 10.2. The second-order valence-corrected chi connectivity index (χ2v) is 5.11. The number of rotatable bonds is 4. The Kier molecular flexibility index (Phi) is 4.19. The van der Waals surface area contributed by atoms with Crippen molar-refractivity contribution < 1.29 is 9.47 Å². The lowest BCUT2D eigenvalue weighted by Gasteiger charge is -2.31. The topological polar surface area (TPSA) is 56.5 Å². The molecule has 3 N–H and O–H groups in total. The van der Waals surface area contributed by atoms with Crippen molar-refractivity contribution in [3.63, 3.8) is 0 Å². The molecule has 0 spiro atoms. The number of hydrogen-bond donors (Lipinski definition) is 2. The molecule has 3 atom stereocenters. The van der Waals surface area contributed by atoms with Crippen LogP contribution in [0.4, 0.5) is 0 Å². The molecular formula is C12H24N2O2. The zero-order chi connectivity index (χ0) is 11.4. The maximum atomic E-state index is 5.95. The molecule has 16 heavy (non-hydrogen) atoms. The van der Waals surface area contributed by atoms with Crippen LogP contribution in [0.25, 0.3) is 0 Å². The van der Waals surface area contributed by atoms with Gasteiger partial charge < -0.3 is 20.5 Å². The van der Waals surface area contributed by atoms with Crippen molar-refractivity contribution in [1.29, 1.82) is 0 Å². The lowest BCUT2D eigenvalue weighted by atomic mass is 9.98. The smallest absolute Gasteiger partial charge is 0.167 e. The van der Waals surface area contributed by atoms with Gasteiger partial charge in [-0.15, -0.1) is 0 Å². The van der Waals surface area contributed by atoms with E-state index in [0.717, 1.165) is 19.4 Å². The fourth-order valence-electron chi connectivity index (χ4n) is 2.67. The first kappa shape index (κ1) is 12.3. The molecule has 94 valence electrons. The number of nitrogens with one attached hydrogen (secondary N) is 1. The molecule has 0 aliphatic carbocycles. The van der Waals surface area contributed by atoms with Crippen molar-refractivity contribution in [3.8, 4) is 0 Å². The van der Waals surface area contributed by atoms with E-state index in [4.69, 9.17) is 15.2 Å². The van der Waals surface area contributed by atoms with Crippen molar-refractivity contribution in [1.82, 2.24) is 5.32 Å². The fraction of sp³-hybridized carbons (Fsp3) is 1.00. The maximum absolute atomic E-state index is 5.95. The molecule has 0 aromatic rings. The van der Waals surface area contributed by atoms with Crippen LogP contribution in [0.1, 0.15) is 39.0 Å². The lowest BCUT2D eigenvalue weighted by Crippen LogP contribution is -2.41. The molecule has 2 fully saturated rings. The van der Waals surface area contributed by atoms with Crippen LogP contribution in [0.3, 0.4) is 0 Å². The van der Waals surface area contributed by atoms with E-state index in [1.54, 1.807) is 0 Å². The van der Waals surface area contributed by atoms with Gasteiger partial charge in [-0.25, -0.2) is 0 Å². The standard InChI is InChI=1S/C12H24N2O2/c1-12(8-10-4-2-3-7-14-10)15-9-11(16-12)5-6-13/h10-11,14H,2-9,13H2,1H3. The summed E-state index contributed by atoms with van der Waals surface area (Å²) in [6, 6.07) is 0.551. The third-order valence-corrected chi connectivity index (χ3v) is 3.51. The van der Waals surface area contributed by atoms with Gasteiger partial charge in [0.25, 0.3) is 0 Å². The van der Waals surface area contributed by atoms with Gasteiger partial charge in [0.2, 0.25) is 0 Å². The Labute approximate surface area is 97.9 Å². The number of piperidine rings is 1. The predicted octanol–water partition coefficient (Wildman–Crippen LogP) is 0.999. The van der Waals surface area contributed by atoms with Crippen LogP contribution in [-0.4, -0.2) is 37.6 Å². The highest BCUT2D eigenvalue weighted by Gasteiger charge is 2.38. The highest BCUT2D eigenvalue weighted by molar-refractivity contribution is 4.83. The minimum Gasteiger partial charge on any atom is -0.347 e. The largest absolute Gasteiger partial charge is 0.347 e. The maximum Gasteiger partial charge on any atom is 0.167 e. The van der Waals surface area contributed by atoms with Gasteiger partial charge in [0.05, 0.1) is 12.7 Å². The Morgan fingerprint density at radius 1 is 1.44 bits per heavy atom. The van der Waals surface area contributed by atoms with Crippen LogP contribution in [-0.2, 0) is 9.47 Å². The summed E-state index contributed by atoms with van der Waals surface area (Å²) in [4.78, 5) is 0. The zero-order valence-electron chi connectivity index (χ0n) is 10.2. The van der Waals surface area contributed by atoms with E-state index in [-0.39, 0.29) is 6.10 Å². The van der Waals surface area contributed by atoms with Gasteiger partial charge in [-0.1, -0.05) is 6.42 Å². The van der Waals surface area contributed by atoms with Crippen LogP contribution in [0.15, 0.2) is 0 Å². The molecule has 2 rings (SSSR count). The van der Waals surface area contributed by atoms with Gasteiger partial charge in [0, 0.05) is 12.5 Å². The number of ether oxygens (including phenoxy) is 2. The molecule has 2 saturated heterocycles. The van der Waals surface area contributed by atoms with E-state index in [1.807, 2.05) is 0 Å². The van der Waals surface area contributed by atoms with E-state index in [0.29, 0.717) is 19.2 Å². The third-order valence-electron chi connectivity index (χ3n) is 3.51. The molecular weight excluding hydrogens is 204 g/mol. The molecule has 2 aliphatic heterocycles. The molecule has 0 radical (unpaired) electrons. The number of hydrogen-bond acceptors (Lipinski definition) is 4. The summed E-state index contributed by atoms with van der Waals surface area (Å²) in [5.74, 6) is -0.394. The monoisotopic (exact) mass is 228 g/mol. The summed E-state index contributed by atoms with van der Waals surface area (Å²) in [5.41, 5.74) is 5.53. The van der Waals surface area contributed by atoms with Crippen molar-refractivity contribution in [2.75, 3.05) is 19.7 Å². The molecule has 2 heterocycles. The average molecular weight is 228 g/mol. The van der Waals surface area contributed by atoms with Crippen molar-refractivity contribution in [2.24, 2.45) is 5.73 Å². The first-order valence-electron chi connectivity index (χ1n) is 6.47. The first-order chi connectivity index (χ1) is 7.72. The van der Waals surface area contributed by atoms with Crippen LogP contribution in [0, 0.1) is 0 Å². The summed E-state index contributed by atoms with van der Waals surface area (Å²) < 4.78 is 11.7. The molecule has 0 aromatic heterocycles. The van der Waals surface area contributed by atoms with Gasteiger partial charge in [-0.2, -0.15) is 0 Å². The highest BCUT2D eigenvalue weighted by atomic mass is 16.7. The minimum atomic E-state index is -0.394. The molecule has 0 amide bonds. The minimum absolute atomic E-state index is 0.193. The molecule has 4 heteroatoms. The van der Waals surface area contributed by atoms with Crippen molar-refractivity contribution >= 4 is 0 Å². The summed E-state index contributed by atoms with van der Waals surface area (Å²) >= 11 is 0. The summed E-state index contributed by atoms with van der Waals surface area (Å²) in [5, 5.41) is 3.53.